The van der Waals surface area contributed by atoms with Gasteiger partial charge in [0.05, 0.1) is 5.57 Å². The molecule has 0 aliphatic heterocycles. The summed E-state index contributed by atoms with van der Waals surface area (Å²) < 4.78 is 0. The predicted molar refractivity (Wildman–Crippen MR) is 56.6 cm³/mol. The number of carboxylic acids is 2. The van der Waals surface area contributed by atoms with Crippen LogP contribution in [0, 0.1) is 0 Å². The molecule has 0 aliphatic rings. The fraction of sp³-hybridized carbons (Fsp3) is 0.455. The second kappa shape index (κ2) is 6.81. The Morgan fingerprint density at radius 2 is 1.73 bits per heavy atom. The maximum Gasteiger partial charge on any atom is 0.332 e. The van der Waals surface area contributed by atoms with Crippen LogP contribution >= 0.6 is 0 Å². The van der Waals surface area contributed by atoms with Crippen LogP contribution in [0.5, 0.6) is 0 Å². The molecule has 0 heterocycles. The van der Waals surface area contributed by atoms with Crippen LogP contribution in [0.4, 0.5) is 0 Å². The summed E-state index contributed by atoms with van der Waals surface area (Å²) in [5, 5.41) is 17.7. The molecule has 0 radical (unpaired) electrons. The third-order valence-corrected chi connectivity index (χ3v) is 2.01. The van der Waals surface area contributed by atoms with Crippen LogP contribution in [0.1, 0.15) is 32.6 Å². The van der Waals surface area contributed by atoms with Crippen molar-refractivity contribution in [3.63, 3.8) is 0 Å². The van der Waals surface area contributed by atoms with Crippen molar-refractivity contribution in [1.82, 2.24) is 0 Å². The van der Waals surface area contributed by atoms with E-state index in [1.165, 1.54) is 6.08 Å². The predicted octanol–water partition coefficient (Wildman–Crippen LogP) is 2.22. The van der Waals surface area contributed by atoms with Crippen molar-refractivity contribution < 1.29 is 19.8 Å². The Labute approximate surface area is 88.9 Å². The molecule has 84 valence electrons. The third-order valence-electron chi connectivity index (χ3n) is 2.01. The number of carboxylic acid groups (broad SMARTS) is 2. The van der Waals surface area contributed by atoms with Crippen LogP contribution in [0.3, 0.4) is 0 Å². The first-order valence-corrected chi connectivity index (χ1v) is 4.84. The van der Waals surface area contributed by atoms with Gasteiger partial charge in [-0.2, -0.15) is 0 Å². The average molecular weight is 212 g/mol. The van der Waals surface area contributed by atoms with Gasteiger partial charge in [0.25, 0.3) is 0 Å². The van der Waals surface area contributed by atoms with Gasteiger partial charge in [-0.05, 0) is 19.3 Å². The minimum absolute atomic E-state index is 0.00995. The molecule has 0 aromatic rings. The van der Waals surface area contributed by atoms with Gasteiger partial charge in [-0.25, -0.2) is 9.59 Å². The molecule has 2 N–H and O–H groups in total. The Bertz CT molecular complexity index is 289. The maximum absolute atomic E-state index is 10.9. The van der Waals surface area contributed by atoms with Gasteiger partial charge in [0.2, 0.25) is 0 Å². The molecule has 0 aromatic heterocycles. The zero-order valence-corrected chi connectivity index (χ0v) is 8.82. The van der Waals surface area contributed by atoms with Gasteiger partial charge in [0.1, 0.15) is 0 Å². The van der Waals surface area contributed by atoms with E-state index in [0.717, 1.165) is 6.42 Å². The molecular formula is C11H16O4. The number of hydrogen-bond acceptors (Lipinski definition) is 2. The van der Waals surface area contributed by atoms with Gasteiger partial charge in [-0.1, -0.05) is 19.4 Å². The summed E-state index contributed by atoms with van der Waals surface area (Å²) in [5.41, 5.74) is -0.0739. The highest BCUT2D eigenvalue weighted by molar-refractivity contribution is 5.98. The quantitative estimate of drug-likeness (QED) is 0.501. The largest absolute Gasteiger partial charge is 0.478 e. The molecule has 0 aromatic carbocycles. The Kier molecular flexibility index (Phi) is 6.09. The van der Waals surface area contributed by atoms with E-state index in [1.54, 1.807) is 0 Å². The Hall–Kier alpha value is -1.58. The second-order valence-corrected chi connectivity index (χ2v) is 3.16. The normalized spacial score (nSPS) is 11.8. The zero-order valence-electron chi connectivity index (χ0n) is 8.82. The fourth-order valence-corrected chi connectivity index (χ4v) is 1.22. The van der Waals surface area contributed by atoms with Crippen molar-refractivity contribution in [2.75, 3.05) is 0 Å². The Morgan fingerprint density at radius 1 is 1.20 bits per heavy atom. The molecule has 0 bridgehead atoms. The molecule has 0 saturated carbocycles. The van der Waals surface area contributed by atoms with Crippen LogP contribution in [0.15, 0.2) is 23.8 Å². The SMILES string of the molecule is C=CCC(C(=O)O)=C(CCCC)C(=O)O. The van der Waals surface area contributed by atoms with Gasteiger partial charge >= 0.3 is 11.9 Å². The number of rotatable bonds is 7. The standard InChI is InChI=1S/C11H16O4/c1-3-5-7-9(11(14)15)8(6-4-2)10(12)13/h4H,2-3,5-7H2,1H3,(H,12,13)(H,14,15). The second-order valence-electron chi connectivity index (χ2n) is 3.16. The number of aliphatic carboxylic acids is 2. The first-order valence-electron chi connectivity index (χ1n) is 4.84. The molecule has 0 saturated heterocycles. The van der Waals surface area contributed by atoms with E-state index in [1.807, 2.05) is 6.92 Å². The molecule has 0 atom stereocenters. The summed E-state index contributed by atoms with van der Waals surface area (Å²) in [4.78, 5) is 21.7. The van der Waals surface area contributed by atoms with E-state index in [2.05, 4.69) is 6.58 Å². The van der Waals surface area contributed by atoms with Crippen molar-refractivity contribution in [2.24, 2.45) is 0 Å². The molecule has 4 heteroatoms. The molecule has 0 amide bonds. The van der Waals surface area contributed by atoms with E-state index in [9.17, 15) is 9.59 Å². The molecule has 0 spiro atoms. The van der Waals surface area contributed by atoms with Gasteiger partial charge in [0, 0.05) is 5.57 Å². The Balaban J connectivity index is 5.04. The van der Waals surface area contributed by atoms with Gasteiger partial charge in [-0.15, -0.1) is 6.58 Å². The highest BCUT2D eigenvalue weighted by Crippen LogP contribution is 2.16. The fourth-order valence-electron chi connectivity index (χ4n) is 1.22. The lowest BCUT2D eigenvalue weighted by atomic mass is 10.00. The van der Waals surface area contributed by atoms with Crippen molar-refractivity contribution in [3.05, 3.63) is 23.8 Å². The first kappa shape index (κ1) is 13.4. The maximum atomic E-state index is 10.9. The summed E-state index contributed by atoms with van der Waals surface area (Å²) in [7, 11) is 0. The molecule has 0 rings (SSSR count). The third kappa shape index (κ3) is 4.44. The summed E-state index contributed by atoms with van der Waals surface area (Å²) in [5.74, 6) is -2.33. The smallest absolute Gasteiger partial charge is 0.332 e. The Morgan fingerprint density at radius 3 is 2.07 bits per heavy atom. The van der Waals surface area contributed by atoms with Crippen molar-refractivity contribution in [2.45, 2.75) is 32.6 Å². The minimum Gasteiger partial charge on any atom is -0.478 e. The highest BCUT2D eigenvalue weighted by atomic mass is 16.4. The van der Waals surface area contributed by atoms with Crippen LogP contribution in [-0.2, 0) is 9.59 Å². The average Bonchev–Trinajstić information content (AvgIpc) is 2.16. The lowest BCUT2D eigenvalue weighted by molar-refractivity contribution is -0.136. The molecule has 15 heavy (non-hydrogen) atoms. The van der Waals surface area contributed by atoms with E-state index >= 15 is 0 Å². The summed E-state index contributed by atoms with van der Waals surface area (Å²) >= 11 is 0. The van der Waals surface area contributed by atoms with Crippen LogP contribution < -0.4 is 0 Å². The number of unbranched alkanes of at least 4 members (excludes halogenated alkanes) is 1. The zero-order chi connectivity index (χ0) is 11.8. The molecule has 0 fully saturated rings. The highest BCUT2D eigenvalue weighted by Gasteiger charge is 2.18. The lowest BCUT2D eigenvalue weighted by Crippen LogP contribution is -2.11. The first-order chi connectivity index (χ1) is 7.04. The number of hydrogen-bond donors (Lipinski definition) is 2. The van der Waals surface area contributed by atoms with E-state index in [4.69, 9.17) is 10.2 Å². The minimum atomic E-state index is -1.18. The lowest BCUT2D eigenvalue weighted by Gasteiger charge is -2.06. The van der Waals surface area contributed by atoms with Crippen LogP contribution in [-0.4, -0.2) is 22.2 Å². The van der Waals surface area contributed by atoms with Gasteiger partial charge in [0.15, 0.2) is 0 Å². The van der Waals surface area contributed by atoms with Gasteiger partial charge in [-0.3, -0.25) is 0 Å². The van der Waals surface area contributed by atoms with E-state index in [0.29, 0.717) is 12.8 Å². The van der Waals surface area contributed by atoms with Gasteiger partial charge < -0.3 is 10.2 Å². The van der Waals surface area contributed by atoms with Crippen LogP contribution in [0.25, 0.3) is 0 Å². The topological polar surface area (TPSA) is 74.6 Å². The summed E-state index contributed by atoms with van der Waals surface area (Å²) in [6.45, 7) is 5.34. The molecular weight excluding hydrogens is 196 g/mol. The summed E-state index contributed by atoms with van der Waals surface area (Å²) in [6, 6.07) is 0. The molecule has 0 unspecified atom stereocenters. The molecule has 4 nitrogen and oxygen atoms in total. The van der Waals surface area contributed by atoms with E-state index in [-0.39, 0.29) is 17.6 Å². The van der Waals surface area contributed by atoms with Crippen molar-refractivity contribution in [1.29, 1.82) is 0 Å². The monoisotopic (exact) mass is 212 g/mol. The van der Waals surface area contributed by atoms with E-state index < -0.39 is 11.9 Å². The van der Waals surface area contributed by atoms with Crippen molar-refractivity contribution in [3.8, 4) is 0 Å². The number of allylic oxidation sites excluding steroid dienone is 1. The van der Waals surface area contributed by atoms with Crippen molar-refractivity contribution >= 4 is 11.9 Å². The van der Waals surface area contributed by atoms with Crippen LogP contribution in [0.2, 0.25) is 0 Å². The summed E-state index contributed by atoms with van der Waals surface area (Å²) in [6.07, 6.45) is 3.29. The number of carbonyl (C=O) groups is 2. The molecule has 0 aliphatic carbocycles.